The minimum atomic E-state index is -0.110. The standard InChI is InChI=1S/C30H29N3O/c34-30(33(26-17-9-3-10-18-26)27-19-11-4-12-20-27)32-25-21-28(31-22-25)29(23-13-5-1-6-14-23)24-15-7-2-8-16-24/h1-20,25,28-29,31H,21-22H2,(H,32,34)/t25-,28-/m1/s1. The van der Waals surface area contributed by atoms with Gasteiger partial charge in [-0.05, 0) is 41.8 Å². The Morgan fingerprint density at radius 1 is 0.706 bits per heavy atom. The molecular formula is C30H29N3O. The number of benzene rings is 4. The van der Waals surface area contributed by atoms with Gasteiger partial charge in [0.2, 0.25) is 0 Å². The fraction of sp³-hybridized carbons (Fsp3) is 0.167. The summed E-state index contributed by atoms with van der Waals surface area (Å²) in [5.74, 6) is 0.226. The molecule has 1 heterocycles. The maximum Gasteiger partial charge on any atom is 0.326 e. The number of amides is 2. The quantitative estimate of drug-likeness (QED) is 0.375. The summed E-state index contributed by atoms with van der Waals surface area (Å²) in [7, 11) is 0. The average Bonchev–Trinajstić information content (AvgIpc) is 3.34. The fourth-order valence-corrected chi connectivity index (χ4v) is 4.89. The molecule has 0 spiro atoms. The molecule has 1 aliphatic heterocycles. The van der Waals surface area contributed by atoms with Gasteiger partial charge in [0.25, 0.3) is 0 Å². The van der Waals surface area contributed by atoms with Gasteiger partial charge in [-0.15, -0.1) is 0 Å². The van der Waals surface area contributed by atoms with Gasteiger partial charge in [-0.25, -0.2) is 4.79 Å². The first-order valence-corrected chi connectivity index (χ1v) is 11.8. The van der Waals surface area contributed by atoms with Gasteiger partial charge >= 0.3 is 6.03 Å². The molecule has 0 bridgehead atoms. The summed E-state index contributed by atoms with van der Waals surface area (Å²) in [6.45, 7) is 0.740. The van der Waals surface area contributed by atoms with E-state index in [2.05, 4.69) is 71.3 Å². The average molecular weight is 448 g/mol. The number of anilines is 2. The summed E-state index contributed by atoms with van der Waals surface area (Å²) >= 11 is 0. The zero-order valence-electron chi connectivity index (χ0n) is 19.0. The normalized spacial score (nSPS) is 17.4. The molecule has 0 radical (unpaired) electrons. The van der Waals surface area contributed by atoms with Crippen molar-refractivity contribution >= 4 is 17.4 Å². The highest BCUT2D eigenvalue weighted by Crippen LogP contribution is 2.32. The van der Waals surface area contributed by atoms with Crippen molar-refractivity contribution in [1.29, 1.82) is 0 Å². The lowest BCUT2D eigenvalue weighted by atomic mass is 9.84. The van der Waals surface area contributed by atoms with E-state index in [1.165, 1.54) is 11.1 Å². The van der Waals surface area contributed by atoms with E-state index in [1.807, 2.05) is 60.7 Å². The second-order valence-corrected chi connectivity index (χ2v) is 8.70. The second kappa shape index (κ2) is 10.4. The lowest BCUT2D eigenvalue weighted by Gasteiger charge is -2.26. The molecule has 4 aromatic carbocycles. The van der Waals surface area contributed by atoms with E-state index in [0.717, 1.165) is 24.3 Å². The molecule has 2 amide bonds. The van der Waals surface area contributed by atoms with Crippen molar-refractivity contribution in [2.75, 3.05) is 11.4 Å². The predicted molar refractivity (Wildman–Crippen MR) is 138 cm³/mol. The van der Waals surface area contributed by atoms with Gasteiger partial charge < -0.3 is 10.6 Å². The number of nitrogens with one attached hydrogen (secondary N) is 2. The minimum absolute atomic E-state index is 0.0438. The van der Waals surface area contributed by atoms with Gasteiger partial charge in [-0.2, -0.15) is 0 Å². The number of urea groups is 1. The first kappa shape index (κ1) is 21.9. The van der Waals surface area contributed by atoms with Gasteiger partial charge in [0.1, 0.15) is 0 Å². The van der Waals surface area contributed by atoms with Crippen LogP contribution in [0.3, 0.4) is 0 Å². The molecular weight excluding hydrogens is 418 g/mol. The van der Waals surface area contributed by atoms with E-state index in [-0.39, 0.29) is 24.0 Å². The van der Waals surface area contributed by atoms with E-state index in [1.54, 1.807) is 4.90 Å². The number of nitrogens with zero attached hydrogens (tertiary/aromatic N) is 1. The molecule has 4 nitrogen and oxygen atoms in total. The van der Waals surface area contributed by atoms with Crippen molar-refractivity contribution in [3.8, 4) is 0 Å². The smallest absolute Gasteiger partial charge is 0.326 e. The van der Waals surface area contributed by atoms with E-state index in [9.17, 15) is 4.79 Å². The molecule has 4 heteroatoms. The third-order valence-corrected chi connectivity index (χ3v) is 6.44. The third-order valence-electron chi connectivity index (χ3n) is 6.44. The predicted octanol–water partition coefficient (Wildman–Crippen LogP) is 6.10. The van der Waals surface area contributed by atoms with Crippen LogP contribution >= 0.6 is 0 Å². The Morgan fingerprint density at radius 2 is 1.15 bits per heavy atom. The number of carbonyl (C=O) groups is 1. The first-order valence-electron chi connectivity index (χ1n) is 11.8. The van der Waals surface area contributed by atoms with E-state index >= 15 is 0 Å². The zero-order valence-corrected chi connectivity index (χ0v) is 19.0. The van der Waals surface area contributed by atoms with Crippen molar-refractivity contribution in [2.45, 2.75) is 24.4 Å². The molecule has 170 valence electrons. The van der Waals surface area contributed by atoms with Crippen molar-refractivity contribution in [3.05, 3.63) is 132 Å². The third kappa shape index (κ3) is 4.87. The van der Waals surface area contributed by atoms with Gasteiger partial charge in [-0.1, -0.05) is 97.1 Å². The summed E-state index contributed by atoms with van der Waals surface area (Å²) < 4.78 is 0. The highest BCUT2D eigenvalue weighted by atomic mass is 16.2. The van der Waals surface area contributed by atoms with Crippen molar-refractivity contribution < 1.29 is 4.79 Å². The minimum Gasteiger partial charge on any atom is -0.333 e. The summed E-state index contributed by atoms with van der Waals surface area (Å²) in [6, 6.07) is 41.0. The first-order chi connectivity index (χ1) is 16.8. The maximum absolute atomic E-state index is 13.5. The van der Waals surface area contributed by atoms with Crippen LogP contribution in [0.1, 0.15) is 23.5 Å². The molecule has 2 N–H and O–H groups in total. The Morgan fingerprint density at radius 3 is 1.62 bits per heavy atom. The van der Waals surface area contributed by atoms with Gasteiger partial charge in [0, 0.05) is 24.5 Å². The Balaban J connectivity index is 1.35. The molecule has 0 saturated carbocycles. The van der Waals surface area contributed by atoms with Crippen molar-refractivity contribution in [3.63, 3.8) is 0 Å². The molecule has 2 atom stereocenters. The Labute approximate surface area is 201 Å². The van der Waals surface area contributed by atoms with E-state index in [0.29, 0.717) is 0 Å². The van der Waals surface area contributed by atoms with E-state index in [4.69, 9.17) is 0 Å². The summed E-state index contributed by atoms with van der Waals surface area (Å²) in [4.78, 5) is 15.3. The highest BCUT2D eigenvalue weighted by molar-refractivity contribution is 5.99. The molecule has 1 saturated heterocycles. The fourth-order valence-electron chi connectivity index (χ4n) is 4.89. The Bertz CT molecular complexity index is 1100. The highest BCUT2D eigenvalue weighted by Gasteiger charge is 2.34. The van der Waals surface area contributed by atoms with Crippen LogP contribution in [0.15, 0.2) is 121 Å². The number of rotatable bonds is 6. The Kier molecular flexibility index (Phi) is 6.68. The van der Waals surface area contributed by atoms with Crippen LogP contribution in [-0.2, 0) is 0 Å². The lowest BCUT2D eigenvalue weighted by Crippen LogP contribution is -2.43. The number of para-hydroxylation sites is 2. The molecule has 0 aromatic heterocycles. The van der Waals surface area contributed by atoms with Crippen molar-refractivity contribution in [1.82, 2.24) is 10.6 Å². The molecule has 0 aliphatic carbocycles. The van der Waals surface area contributed by atoms with Gasteiger partial charge in [-0.3, -0.25) is 4.90 Å². The largest absolute Gasteiger partial charge is 0.333 e. The molecule has 34 heavy (non-hydrogen) atoms. The van der Waals surface area contributed by atoms with Crippen LogP contribution in [0.25, 0.3) is 0 Å². The van der Waals surface area contributed by atoms with E-state index < -0.39 is 0 Å². The van der Waals surface area contributed by atoms with Crippen LogP contribution < -0.4 is 15.5 Å². The zero-order chi connectivity index (χ0) is 23.2. The SMILES string of the molecule is O=C(N[C@H]1CN[C@@H](C(c2ccccc2)c2ccccc2)C1)N(c1ccccc1)c1ccccc1. The summed E-state index contributed by atoms with van der Waals surface area (Å²) in [5.41, 5.74) is 4.27. The number of carbonyl (C=O) groups excluding carboxylic acids is 1. The number of hydrogen-bond donors (Lipinski definition) is 2. The lowest BCUT2D eigenvalue weighted by molar-refractivity contribution is 0.245. The van der Waals surface area contributed by atoms with Gasteiger partial charge in [0.15, 0.2) is 0 Å². The van der Waals surface area contributed by atoms with Crippen LogP contribution in [0.5, 0.6) is 0 Å². The molecule has 1 aliphatic rings. The van der Waals surface area contributed by atoms with Gasteiger partial charge in [0.05, 0.1) is 11.4 Å². The molecule has 4 aromatic rings. The second-order valence-electron chi connectivity index (χ2n) is 8.70. The summed E-state index contributed by atoms with van der Waals surface area (Å²) in [6.07, 6.45) is 0.859. The Hall–Kier alpha value is -3.89. The van der Waals surface area contributed by atoms with Crippen LogP contribution in [-0.4, -0.2) is 24.7 Å². The molecule has 0 unspecified atom stereocenters. The maximum atomic E-state index is 13.5. The van der Waals surface area contributed by atoms with Crippen LogP contribution in [0, 0.1) is 0 Å². The molecule has 1 fully saturated rings. The van der Waals surface area contributed by atoms with Crippen LogP contribution in [0.4, 0.5) is 16.2 Å². The monoisotopic (exact) mass is 447 g/mol. The topological polar surface area (TPSA) is 44.4 Å². The van der Waals surface area contributed by atoms with Crippen molar-refractivity contribution in [2.24, 2.45) is 0 Å². The number of hydrogen-bond acceptors (Lipinski definition) is 2. The van der Waals surface area contributed by atoms with Crippen LogP contribution in [0.2, 0.25) is 0 Å². The summed E-state index contributed by atoms with van der Waals surface area (Å²) in [5, 5.41) is 6.98. The molecule has 5 rings (SSSR count).